The van der Waals surface area contributed by atoms with E-state index in [1.807, 2.05) is 35.2 Å². The van der Waals surface area contributed by atoms with Crippen molar-refractivity contribution in [2.24, 2.45) is 0 Å². The molecule has 0 saturated carbocycles. The Morgan fingerprint density at radius 2 is 1.62 bits per heavy atom. The highest BCUT2D eigenvalue weighted by molar-refractivity contribution is 5.82. The quantitative estimate of drug-likeness (QED) is 0.719. The third-order valence-corrected chi connectivity index (χ3v) is 6.00. The van der Waals surface area contributed by atoms with E-state index < -0.39 is 0 Å². The number of piperazine rings is 1. The lowest BCUT2D eigenvalue weighted by Crippen LogP contribution is -3.28. The molecule has 0 radical (unpaired) electrons. The van der Waals surface area contributed by atoms with Gasteiger partial charge < -0.3 is 14.7 Å². The van der Waals surface area contributed by atoms with E-state index >= 15 is 0 Å². The highest BCUT2D eigenvalue weighted by atomic mass is 16.2. The Kier molecular flexibility index (Phi) is 7.40. The maximum atomic E-state index is 13.3. The number of benzene rings is 2. The summed E-state index contributed by atoms with van der Waals surface area (Å²) < 4.78 is 0. The van der Waals surface area contributed by atoms with Crippen LogP contribution in [0.15, 0.2) is 54.6 Å². The first-order chi connectivity index (χ1) is 14.2. The number of nitrogens with one attached hydrogen (secondary N) is 2. The fourth-order valence-corrected chi connectivity index (χ4v) is 4.29. The van der Waals surface area contributed by atoms with Gasteiger partial charge in [0.15, 0.2) is 6.04 Å². The molecule has 0 aromatic heterocycles. The summed E-state index contributed by atoms with van der Waals surface area (Å²) in [6.07, 6.45) is 0. The lowest BCUT2D eigenvalue weighted by atomic mass is 10.0. The summed E-state index contributed by atoms with van der Waals surface area (Å²) in [5.74, 6) is 0.242. The van der Waals surface area contributed by atoms with Gasteiger partial charge in [-0.15, -0.1) is 0 Å². The number of nitrogens with zero attached hydrogens (tertiary/aromatic N) is 2. The van der Waals surface area contributed by atoms with E-state index in [9.17, 15) is 4.79 Å². The Hall–Kier alpha value is -2.68. The summed E-state index contributed by atoms with van der Waals surface area (Å²) in [4.78, 5) is 18.2. The number of rotatable bonds is 7. The molecular formula is C24H32N4O+2. The van der Waals surface area contributed by atoms with E-state index in [0.717, 1.165) is 51.4 Å². The predicted octanol–water partition coefficient (Wildman–Crippen LogP) is 0.451. The minimum absolute atomic E-state index is 0.118. The average Bonchev–Trinajstić information content (AvgIpc) is 2.77. The maximum absolute atomic E-state index is 13.3. The van der Waals surface area contributed by atoms with Gasteiger partial charge in [0.2, 0.25) is 0 Å². The Balaban J connectivity index is 1.68. The first-order valence-corrected chi connectivity index (χ1v) is 10.7. The minimum Gasteiger partial charge on any atom is -0.338 e. The van der Waals surface area contributed by atoms with E-state index in [1.54, 1.807) is 4.90 Å². The minimum atomic E-state index is -0.118. The first-order valence-electron chi connectivity index (χ1n) is 10.7. The Morgan fingerprint density at radius 1 is 1.00 bits per heavy atom. The number of quaternary nitrogens is 2. The number of likely N-dealkylation sites (N-methyl/N-ethyl adjacent to an activating group) is 1. The van der Waals surface area contributed by atoms with Gasteiger partial charge in [0.25, 0.3) is 5.91 Å². The second kappa shape index (κ2) is 10.2. The largest absolute Gasteiger partial charge is 0.338 e. The Morgan fingerprint density at radius 3 is 2.17 bits per heavy atom. The maximum Gasteiger partial charge on any atom is 0.285 e. The van der Waals surface area contributed by atoms with E-state index in [4.69, 9.17) is 5.26 Å². The average molecular weight is 393 g/mol. The molecule has 1 heterocycles. The summed E-state index contributed by atoms with van der Waals surface area (Å²) in [5.41, 5.74) is 3.09. The molecule has 0 aliphatic carbocycles. The van der Waals surface area contributed by atoms with Crippen LogP contribution in [0, 0.1) is 11.3 Å². The molecule has 2 aromatic rings. The van der Waals surface area contributed by atoms with Gasteiger partial charge in [0, 0.05) is 24.2 Å². The predicted molar refractivity (Wildman–Crippen MR) is 113 cm³/mol. The van der Waals surface area contributed by atoms with Gasteiger partial charge in [-0.3, -0.25) is 4.79 Å². The molecule has 5 heteroatoms. The number of hydrogen-bond donors (Lipinski definition) is 2. The zero-order valence-electron chi connectivity index (χ0n) is 17.5. The van der Waals surface area contributed by atoms with E-state index in [1.165, 1.54) is 10.5 Å². The molecule has 1 aliphatic rings. The van der Waals surface area contributed by atoms with Crippen LogP contribution >= 0.6 is 0 Å². The van der Waals surface area contributed by atoms with E-state index in [0.29, 0.717) is 5.56 Å². The van der Waals surface area contributed by atoms with Crippen LogP contribution in [0.5, 0.6) is 0 Å². The van der Waals surface area contributed by atoms with Crippen molar-refractivity contribution in [3.8, 4) is 6.07 Å². The third kappa shape index (κ3) is 5.23. The van der Waals surface area contributed by atoms with Crippen molar-refractivity contribution in [2.75, 3.05) is 39.3 Å². The second-order valence-electron chi connectivity index (χ2n) is 7.75. The molecule has 1 saturated heterocycles. The lowest BCUT2D eigenvalue weighted by Gasteiger charge is -2.36. The Labute approximate surface area is 174 Å². The molecule has 1 amide bonds. The number of amides is 1. The summed E-state index contributed by atoms with van der Waals surface area (Å²) in [7, 11) is 0. The molecular weight excluding hydrogens is 360 g/mol. The van der Waals surface area contributed by atoms with Crippen LogP contribution in [0.25, 0.3) is 0 Å². The van der Waals surface area contributed by atoms with Crippen molar-refractivity contribution >= 4 is 5.91 Å². The molecule has 1 fully saturated rings. The molecule has 29 heavy (non-hydrogen) atoms. The third-order valence-electron chi connectivity index (χ3n) is 6.00. The van der Waals surface area contributed by atoms with Crippen LogP contribution in [0.3, 0.4) is 0 Å². The molecule has 2 aromatic carbocycles. The van der Waals surface area contributed by atoms with Crippen LogP contribution in [0.4, 0.5) is 0 Å². The fourth-order valence-electron chi connectivity index (χ4n) is 4.29. The molecule has 2 N–H and O–H groups in total. The van der Waals surface area contributed by atoms with Crippen molar-refractivity contribution in [2.45, 2.75) is 26.4 Å². The lowest BCUT2D eigenvalue weighted by molar-refractivity contribution is -1.03. The standard InChI is InChI=1S/C24H30N4O/c1-3-27(4-2)24(29)23(22-8-6-5-7-9-22)28-16-14-26(15-17-28)19-21-12-10-20(18-25)11-13-21/h5-13,23H,3-4,14-17,19H2,1-2H3/p+2/t23-/m0/s1. The van der Waals surface area contributed by atoms with Crippen LogP contribution in [-0.4, -0.2) is 50.1 Å². The van der Waals surface area contributed by atoms with Crippen molar-refractivity contribution in [3.05, 3.63) is 71.3 Å². The van der Waals surface area contributed by atoms with E-state index in [2.05, 4.69) is 44.2 Å². The Bertz CT molecular complexity index is 816. The smallest absolute Gasteiger partial charge is 0.285 e. The van der Waals surface area contributed by atoms with Crippen LogP contribution in [-0.2, 0) is 11.3 Å². The number of nitriles is 1. The summed E-state index contributed by atoms with van der Waals surface area (Å²) >= 11 is 0. The number of hydrogen-bond acceptors (Lipinski definition) is 2. The van der Waals surface area contributed by atoms with Gasteiger partial charge in [0.05, 0.1) is 11.6 Å². The van der Waals surface area contributed by atoms with Gasteiger partial charge in [0.1, 0.15) is 32.7 Å². The molecule has 3 rings (SSSR count). The molecule has 152 valence electrons. The summed E-state index contributed by atoms with van der Waals surface area (Å²) in [6, 6.07) is 20.2. The summed E-state index contributed by atoms with van der Waals surface area (Å²) in [5, 5.41) is 8.96. The van der Waals surface area contributed by atoms with Gasteiger partial charge in [-0.05, 0) is 26.0 Å². The fraction of sp³-hybridized carbons (Fsp3) is 0.417. The molecule has 1 atom stereocenters. The van der Waals surface area contributed by atoms with Crippen LogP contribution in [0.1, 0.15) is 36.6 Å². The van der Waals surface area contributed by atoms with Crippen molar-refractivity contribution in [1.82, 2.24) is 4.90 Å². The van der Waals surface area contributed by atoms with E-state index in [-0.39, 0.29) is 11.9 Å². The topological polar surface area (TPSA) is 53.0 Å². The SMILES string of the molecule is CCN(CC)C(=O)[C@H](c1ccccc1)[NH+]1CC[NH+](Cc2ccc(C#N)cc2)CC1. The first kappa shape index (κ1) is 21.0. The second-order valence-corrected chi connectivity index (χ2v) is 7.75. The van der Waals surface area contributed by atoms with Gasteiger partial charge in [-0.1, -0.05) is 42.5 Å². The molecule has 5 nitrogen and oxygen atoms in total. The molecule has 0 unspecified atom stereocenters. The normalized spacial score (nSPS) is 19.9. The van der Waals surface area contributed by atoms with Gasteiger partial charge >= 0.3 is 0 Å². The van der Waals surface area contributed by atoms with Crippen LogP contribution < -0.4 is 9.80 Å². The molecule has 0 bridgehead atoms. The molecule has 1 aliphatic heterocycles. The monoisotopic (exact) mass is 392 g/mol. The zero-order valence-corrected chi connectivity index (χ0v) is 17.5. The highest BCUT2D eigenvalue weighted by Crippen LogP contribution is 2.13. The van der Waals surface area contributed by atoms with Crippen molar-refractivity contribution in [3.63, 3.8) is 0 Å². The number of carbonyl (C=O) groups is 1. The van der Waals surface area contributed by atoms with Crippen molar-refractivity contribution < 1.29 is 14.6 Å². The zero-order chi connectivity index (χ0) is 20.6. The summed E-state index contributed by atoms with van der Waals surface area (Å²) in [6.45, 7) is 10.6. The van der Waals surface area contributed by atoms with Gasteiger partial charge in [-0.25, -0.2) is 0 Å². The number of carbonyl (C=O) groups excluding carboxylic acids is 1. The highest BCUT2D eigenvalue weighted by Gasteiger charge is 2.37. The van der Waals surface area contributed by atoms with Gasteiger partial charge in [-0.2, -0.15) is 5.26 Å². The molecule has 0 spiro atoms. The van der Waals surface area contributed by atoms with Crippen LogP contribution in [0.2, 0.25) is 0 Å². The van der Waals surface area contributed by atoms with Crippen molar-refractivity contribution in [1.29, 1.82) is 5.26 Å².